The van der Waals surface area contributed by atoms with Crippen LogP contribution in [0.25, 0.3) is 0 Å². The summed E-state index contributed by atoms with van der Waals surface area (Å²) in [5.74, 6) is -0.0353. The predicted molar refractivity (Wildman–Crippen MR) is 125 cm³/mol. The average Bonchev–Trinajstić information content (AvgIpc) is 3.03. The first kappa shape index (κ1) is 25.6. The number of aryl methyl sites for hydroxylation is 1. The van der Waals surface area contributed by atoms with Gasteiger partial charge in [-0.2, -0.15) is 0 Å². The van der Waals surface area contributed by atoms with Crippen LogP contribution in [-0.4, -0.2) is 85.0 Å². The predicted octanol–water partition coefficient (Wildman–Crippen LogP) is 2.83. The van der Waals surface area contributed by atoms with E-state index in [1.165, 1.54) is 4.90 Å². The summed E-state index contributed by atoms with van der Waals surface area (Å²) in [6.45, 7) is 10.7. The number of benzene rings is 1. The van der Waals surface area contributed by atoms with Crippen molar-refractivity contribution in [2.24, 2.45) is 5.92 Å². The van der Waals surface area contributed by atoms with Crippen LogP contribution in [0.5, 0.6) is 0 Å². The summed E-state index contributed by atoms with van der Waals surface area (Å²) in [6, 6.07) is 7.30. The van der Waals surface area contributed by atoms with Crippen molar-refractivity contribution >= 4 is 23.6 Å². The van der Waals surface area contributed by atoms with Crippen molar-refractivity contribution in [2.75, 3.05) is 51.7 Å². The van der Waals surface area contributed by atoms with E-state index in [-0.39, 0.29) is 30.5 Å². The number of likely N-dealkylation sites (N-methyl/N-ethyl adjacent to an activating group) is 1. The number of anilines is 1. The van der Waals surface area contributed by atoms with Gasteiger partial charge in [0.15, 0.2) is 0 Å². The van der Waals surface area contributed by atoms with E-state index in [1.54, 1.807) is 11.9 Å². The highest BCUT2D eigenvalue weighted by atomic mass is 16.6. The molecule has 1 N–H and O–H groups in total. The topological polar surface area (TPSA) is 82.2 Å². The number of rotatable bonds is 8. The van der Waals surface area contributed by atoms with Crippen LogP contribution >= 0.6 is 0 Å². The van der Waals surface area contributed by atoms with Gasteiger partial charge in [0.2, 0.25) is 11.8 Å². The Bertz CT molecular complexity index is 783. The molecule has 1 aromatic rings. The number of carbonyl (C=O) groups excluding carboxylic acids is 3. The van der Waals surface area contributed by atoms with Crippen LogP contribution < -0.4 is 5.32 Å². The molecule has 1 heterocycles. The zero-order valence-corrected chi connectivity index (χ0v) is 20.1. The molecule has 178 valence electrons. The van der Waals surface area contributed by atoms with Gasteiger partial charge in [-0.05, 0) is 37.3 Å². The molecule has 3 amide bonds. The fourth-order valence-electron chi connectivity index (χ4n) is 3.75. The highest BCUT2D eigenvalue weighted by molar-refractivity contribution is 5.95. The lowest BCUT2D eigenvalue weighted by Gasteiger charge is -2.30. The van der Waals surface area contributed by atoms with Gasteiger partial charge in [0, 0.05) is 38.9 Å². The van der Waals surface area contributed by atoms with Crippen LogP contribution in [-0.2, 0) is 20.7 Å². The SMILES string of the molecule is CCc1ccccc1NC(=O)CN(C)C(=O)C(C)N1CCCN(C(=O)OCC(C)C)CC1. The molecule has 0 aliphatic carbocycles. The molecule has 1 fully saturated rings. The van der Waals surface area contributed by atoms with Gasteiger partial charge in [-0.15, -0.1) is 0 Å². The maximum absolute atomic E-state index is 13.0. The Balaban J connectivity index is 1.86. The van der Waals surface area contributed by atoms with Gasteiger partial charge in [-0.3, -0.25) is 14.5 Å². The molecule has 8 heteroatoms. The van der Waals surface area contributed by atoms with E-state index in [0.717, 1.165) is 24.1 Å². The van der Waals surface area contributed by atoms with Crippen LogP contribution in [0.2, 0.25) is 0 Å². The second kappa shape index (κ2) is 12.4. The fraction of sp³-hybridized carbons (Fsp3) is 0.625. The molecule has 8 nitrogen and oxygen atoms in total. The lowest BCUT2D eigenvalue weighted by molar-refractivity contribution is -0.137. The summed E-state index contributed by atoms with van der Waals surface area (Å²) in [5, 5.41) is 2.91. The lowest BCUT2D eigenvalue weighted by atomic mass is 10.1. The van der Waals surface area contributed by atoms with Crippen LogP contribution in [0.4, 0.5) is 10.5 Å². The maximum atomic E-state index is 13.0. The van der Waals surface area contributed by atoms with Crippen molar-refractivity contribution in [1.82, 2.24) is 14.7 Å². The van der Waals surface area contributed by atoms with Gasteiger partial charge >= 0.3 is 6.09 Å². The third kappa shape index (κ3) is 7.51. The van der Waals surface area contributed by atoms with E-state index < -0.39 is 0 Å². The van der Waals surface area contributed by atoms with Crippen LogP contribution in [0.1, 0.15) is 39.7 Å². The molecule has 1 aromatic carbocycles. The largest absolute Gasteiger partial charge is 0.449 e. The van der Waals surface area contributed by atoms with E-state index in [0.29, 0.717) is 38.7 Å². The van der Waals surface area contributed by atoms with Crippen molar-refractivity contribution in [3.63, 3.8) is 0 Å². The zero-order chi connectivity index (χ0) is 23.7. The number of hydrogen-bond donors (Lipinski definition) is 1. The molecule has 1 atom stereocenters. The first-order valence-electron chi connectivity index (χ1n) is 11.5. The molecule has 1 aliphatic heterocycles. The van der Waals surface area contributed by atoms with Gasteiger partial charge in [0.05, 0.1) is 19.2 Å². The van der Waals surface area contributed by atoms with E-state index in [1.807, 2.05) is 52.0 Å². The monoisotopic (exact) mass is 446 g/mol. The van der Waals surface area contributed by atoms with E-state index >= 15 is 0 Å². The van der Waals surface area contributed by atoms with Gasteiger partial charge < -0.3 is 19.9 Å². The Morgan fingerprint density at radius 3 is 2.50 bits per heavy atom. The Morgan fingerprint density at radius 2 is 1.81 bits per heavy atom. The Hall–Kier alpha value is -2.61. The van der Waals surface area contributed by atoms with Gasteiger partial charge in [-0.1, -0.05) is 39.0 Å². The summed E-state index contributed by atoms with van der Waals surface area (Å²) in [7, 11) is 1.65. The standard InChI is InChI=1S/C24H38N4O4/c1-6-20-10-7-8-11-21(20)25-22(29)16-26(5)23(30)19(4)27-12-9-13-28(15-14-27)24(31)32-17-18(2)3/h7-8,10-11,18-19H,6,9,12-17H2,1-5H3,(H,25,29). The number of hydrogen-bond acceptors (Lipinski definition) is 5. The molecule has 0 spiro atoms. The van der Waals surface area contributed by atoms with Gasteiger partial charge in [0.25, 0.3) is 0 Å². The van der Waals surface area contributed by atoms with Crippen molar-refractivity contribution in [1.29, 1.82) is 0 Å². The summed E-state index contributed by atoms with van der Waals surface area (Å²) < 4.78 is 5.34. The number of carbonyl (C=O) groups is 3. The molecule has 0 bridgehead atoms. The molecule has 2 rings (SSSR count). The number of ether oxygens (including phenoxy) is 1. The van der Waals surface area contributed by atoms with Crippen LogP contribution in [0, 0.1) is 5.92 Å². The van der Waals surface area contributed by atoms with Crippen LogP contribution in [0.3, 0.4) is 0 Å². The first-order valence-corrected chi connectivity index (χ1v) is 11.5. The minimum atomic E-state index is -0.373. The second-order valence-electron chi connectivity index (χ2n) is 8.78. The maximum Gasteiger partial charge on any atom is 0.409 e. The lowest BCUT2D eigenvalue weighted by Crippen LogP contribution is -2.48. The van der Waals surface area contributed by atoms with Crippen molar-refractivity contribution in [3.05, 3.63) is 29.8 Å². The second-order valence-corrected chi connectivity index (χ2v) is 8.78. The first-order chi connectivity index (χ1) is 15.2. The minimum Gasteiger partial charge on any atom is -0.449 e. The summed E-state index contributed by atoms with van der Waals surface area (Å²) in [4.78, 5) is 43.0. The average molecular weight is 447 g/mol. The number of para-hydroxylation sites is 1. The van der Waals surface area contributed by atoms with Crippen molar-refractivity contribution in [3.8, 4) is 0 Å². The quantitative estimate of drug-likeness (QED) is 0.664. The Labute approximate surface area is 191 Å². The number of nitrogens with one attached hydrogen (secondary N) is 1. The molecule has 0 saturated carbocycles. The third-order valence-electron chi connectivity index (χ3n) is 5.66. The zero-order valence-electron chi connectivity index (χ0n) is 20.1. The summed E-state index contributed by atoms with van der Waals surface area (Å²) in [6.07, 6.45) is 1.30. The molecule has 1 saturated heterocycles. The number of amides is 3. The Morgan fingerprint density at radius 1 is 1.09 bits per heavy atom. The van der Waals surface area contributed by atoms with Gasteiger partial charge in [-0.25, -0.2) is 4.79 Å². The highest BCUT2D eigenvalue weighted by Crippen LogP contribution is 2.15. The van der Waals surface area contributed by atoms with Crippen LogP contribution in [0.15, 0.2) is 24.3 Å². The molecule has 1 unspecified atom stereocenters. The normalized spacial score (nSPS) is 15.8. The van der Waals surface area contributed by atoms with E-state index in [2.05, 4.69) is 10.2 Å². The van der Waals surface area contributed by atoms with Crippen molar-refractivity contribution < 1.29 is 19.1 Å². The van der Waals surface area contributed by atoms with Gasteiger partial charge in [0.1, 0.15) is 0 Å². The van der Waals surface area contributed by atoms with E-state index in [9.17, 15) is 14.4 Å². The molecule has 32 heavy (non-hydrogen) atoms. The highest BCUT2D eigenvalue weighted by Gasteiger charge is 2.28. The summed E-state index contributed by atoms with van der Waals surface area (Å²) in [5.41, 5.74) is 1.84. The molecular formula is C24H38N4O4. The molecule has 0 radical (unpaired) electrons. The molecule has 1 aliphatic rings. The fourth-order valence-corrected chi connectivity index (χ4v) is 3.75. The molecule has 0 aromatic heterocycles. The number of nitrogens with zero attached hydrogens (tertiary/aromatic N) is 3. The summed E-state index contributed by atoms with van der Waals surface area (Å²) >= 11 is 0. The minimum absolute atomic E-state index is 0.0112. The van der Waals surface area contributed by atoms with Crippen molar-refractivity contribution in [2.45, 2.75) is 46.6 Å². The van der Waals surface area contributed by atoms with E-state index in [4.69, 9.17) is 4.74 Å². The smallest absolute Gasteiger partial charge is 0.409 e. The third-order valence-corrected chi connectivity index (χ3v) is 5.66. The molecular weight excluding hydrogens is 408 g/mol. The Kier molecular flexibility index (Phi) is 9.97.